The van der Waals surface area contributed by atoms with Gasteiger partial charge in [-0.25, -0.2) is 0 Å². The maximum atomic E-state index is 11.6. The molecule has 0 spiro atoms. The van der Waals surface area contributed by atoms with E-state index in [2.05, 4.69) is 12.2 Å². The molecule has 0 saturated heterocycles. The van der Waals surface area contributed by atoms with Crippen molar-refractivity contribution in [2.75, 3.05) is 20.5 Å². The van der Waals surface area contributed by atoms with Gasteiger partial charge >= 0.3 is 0 Å². The number of aliphatic hydroxyl groups excluding tert-OH is 1. The Hall–Kier alpha value is -0.910. The van der Waals surface area contributed by atoms with Gasteiger partial charge in [0.15, 0.2) is 0 Å². The predicted octanol–water partition coefficient (Wildman–Crippen LogP) is 5.12. The summed E-state index contributed by atoms with van der Waals surface area (Å²) < 4.78 is 11.0. The Morgan fingerprint density at radius 2 is 1.57 bits per heavy atom. The van der Waals surface area contributed by atoms with Gasteiger partial charge in [-0.1, -0.05) is 83.3 Å². The van der Waals surface area contributed by atoms with E-state index in [-0.39, 0.29) is 31.5 Å². The van der Waals surface area contributed by atoms with Gasteiger partial charge in [0.05, 0.1) is 18.8 Å². The van der Waals surface area contributed by atoms with E-state index >= 15 is 0 Å². The number of allylic oxidation sites excluding steroid dienone is 1. The number of hydrogen-bond donors (Lipinski definition) is 2. The van der Waals surface area contributed by atoms with E-state index in [9.17, 15) is 4.79 Å². The largest absolute Gasteiger partial charge is 0.392 e. The summed E-state index contributed by atoms with van der Waals surface area (Å²) in [5.74, 6) is -0.0368. The Labute approximate surface area is 173 Å². The molecule has 28 heavy (non-hydrogen) atoms. The first-order valence-electron chi connectivity index (χ1n) is 11.3. The van der Waals surface area contributed by atoms with Crippen LogP contribution in [0.3, 0.4) is 0 Å². The lowest BCUT2D eigenvalue weighted by molar-refractivity contribution is -0.123. The summed E-state index contributed by atoms with van der Waals surface area (Å²) in [4.78, 5) is 11.6. The molecule has 0 unspecified atom stereocenters. The van der Waals surface area contributed by atoms with Crippen LogP contribution in [-0.2, 0) is 14.3 Å². The highest BCUT2D eigenvalue weighted by atomic mass is 16.7. The highest BCUT2D eigenvalue weighted by molar-refractivity contribution is 5.73. The number of aliphatic hydroxyl groups is 1. The summed E-state index contributed by atoms with van der Waals surface area (Å²) in [6, 6.07) is -0.0328. The van der Waals surface area contributed by atoms with Crippen LogP contribution in [-0.4, -0.2) is 43.7 Å². The number of hydrogen-bond acceptors (Lipinski definition) is 4. The molecule has 5 nitrogen and oxygen atoms in total. The lowest BCUT2D eigenvalue weighted by Crippen LogP contribution is -2.44. The normalized spacial score (nSPS) is 13.7. The molecule has 0 saturated carbocycles. The SMILES string of the molecule is CCCCCCCCCCCC[C@@H](OCOC)[C@@H](CC/C=C/CO)NC(C)=O. The second kappa shape index (κ2) is 20.8. The zero-order valence-electron chi connectivity index (χ0n) is 18.6. The first-order valence-corrected chi connectivity index (χ1v) is 11.3. The number of ether oxygens (including phenoxy) is 2. The molecule has 2 atom stereocenters. The molecule has 0 aromatic heterocycles. The second-order valence-electron chi connectivity index (χ2n) is 7.62. The molecule has 166 valence electrons. The van der Waals surface area contributed by atoms with E-state index in [4.69, 9.17) is 14.6 Å². The predicted molar refractivity (Wildman–Crippen MR) is 116 cm³/mol. The van der Waals surface area contributed by atoms with Crippen molar-refractivity contribution in [3.05, 3.63) is 12.2 Å². The molecular weight excluding hydrogens is 354 g/mol. The lowest BCUT2D eigenvalue weighted by atomic mass is 9.98. The smallest absolute Gasteiger partial charge is 0.217 e. The van der Waals surface area contributed by atoms with Crippen LogP contribution in [0.25, 0.3) is 0 Å². The number of carbonyl (C=O) groups is 1. The van der Waals surface area contributed by atoms with E-state index in [1.165, 1.54) is 57.8 Å². The van der Waals surface area contributed by atoms with Crippen LogP contribution < -0.4 is 5.32 Å². The molecule has 1 amide bonds. The van der Waals surface area contributed by atoms with Crippen molar-refractivity contribution >= 4 is 5.91 Å². The minimum absolute atomic E-state index is 0.0328. The van der Waals surface area contributed by atoms with E-state index in [1.807, 2.05) is 6.08 Å². The maximum absolute atomic E-state index is 11.6. The summed E-state index contributed by atoms with van der Waals surface area (Å²) in [6.07, 6.45) is 19.2. The van der Waals surface area contributed by atoms with Crippen LogP contribution in [0.5, 0.6) is 0 Å². The van der Waals surface area contributed by atoms with E-state index in [0.717, 1.165) is 25.7 Å². The Morgan fingerprint density at radius 3 is 2.11 bits per heavy atom. The molecule has 0 fully saturated rings. The third kappa shape index (κ3) is 17.2. The molecule has 0 radical (unpaired) electrons. The van der Waals surface area contributed by atoms with Crippen molar-refractivity contribution in [3.63, 3.8) is 0 Å². The fraction of sp³-hybridized carbons (Fsp3) is 0.870. The zero-order valence-corrected chi connectivity index (χ0v) is 18.6. The van der Waals surface area contributed by atoms with Crippen LogP contribution in [0.1, 0.15) is 97.3 Å². The molecular formula is C23H45NO4. The molecule has 0 aromatic rings. The minimum Gasteiger partial charge on any atom is -0.392 e. The first-order chi connectivity index (χ1) is 13.7. The van der Waals surface area contributed by atoms with Crippen molar-refractivity contribution < 1.29 is 19.4 Å². The fourth-order valence-corrected chi connectivity index (χ4v) is 3.47. The number of rotatable bonds is 20. The summed E-state index contributed by atoms with van der Waals surface area (Å²) >= 11 is 0. The molecule has 5 heteroatoms. The molecule has 0 rings (SSSR count). The minimum atomic E-state index is -0.0413. The van der Waals surface area contributed by atoms with Crippen LogP contribution >= 0.6 is 0 Å². The van der Waals surface area contributed by atoms with Gasteiger partial charge in [-0.15, -0.1) is 0 Å². The average Bonchev–Trinajstić information content (AvgIpc) is 2.68. The Morgan fingerprint density at radius 1 is 0.964 bits per heavy atom. The maximum Gasteiger partial charge on any atom is 0.217 e. The number of methoxy groups -OCH3 is 1. The Bertz CT molecular complexity index is 374. The lowest BCUT2D eigenvalue weighted by Gasteiger charge is -2.27. The van der Waals surface area contributed by atoms with Crippen LogP contribution in [0.2, 0.25) is 0 Å². The van der Waals surface area contributed by atoms with Gasteiger partial charge in [-0.2, -0.15) is 0 Å². The van der Waals surface area contributed by atoms with Crippen molar-refractivity contribution in [3.8, 4) is 0 Å². The number of unbranched alkanes of at least 4 members (excludes halogenated alkanes) is 9. The number of nitrogens with one attached hydrogen (secondary N) is 1. The monoisotopic (exact) mass is 399 g/mol. The van der Waals surface area contributed by atoms with Crippen LogP contribution in [0.15, 0.2) is 12.2 Å². The number of carbonyl (C=O) groups excluding carboxylic acids is 1. The van der Waals surface area contributed by atoms with E-state index in [0.29, 0.717) is 0 Å². The highest BCUT2D eigenvalue weighted by Crippen LogP contribution is 2.17. The molecule has 0 aliphatic heterocycles. The van der Waals surface area contributed by atoms with Gasteiger partial charge in [0, 0.05) is 14.0 Å². The van der Waals surface area contributed by atoms with Gasteiger partial charge in [-0.05, 0) is 19.3 Å². The topological polar surface area (TPSA) is 67.8 Å². The average molecular weight is 400 g/mol. The third-order valence-electron chi connectivity index (χ3n) is 5.00. The Kier molecular flexibility index (Phi) is 20.1. The quantitative estimate of drug-likeness (QED) is 0.169. The van der Waals surface area contributed by atoms with E-state index < -0.39 is 0 Å². The van der Waals surface area contributed by atoms with Gasteiger partial charge in [0.25, 0.3) is 0 Å². The van der Waals surface area contributed by atoms with Crippen LogP contribution in [0.4, 0.5) is 0 Å². The zero-order chi connectivity index (χ0) is 20.9. The van der Waals surface area contributed by atoms with E-state index in [1.54, 1.807) is 20.1 Å². The van der Waals surface area contributed by atoms with Gasteiger partial charge in [0.2, 0.25) is 5.91 Å². The van der Waals surface area contributed by atoms with Gasteiger partial charge in [0.1, 0.15) is 6.79 Å². The second-order valence-corrected chi connectivity index (χ2v) is 7.62. The fourth-order valence-electron chi connectivity index (χ4n) is 3.47. The Balaban J connectivity index is 4.21. The van der Waals surface area contributed by atoms with Crippen molar-refractivity contribution in [2.45, 2.75) is 109 Å². The van der Waals surface area contributed by atoms with Crippen molar-refractivity contribution in [1.82, 2.24) is 5.32 Å². The third-order valence-corrected chi connectivity index (χ3v) is 5.00. The summed E-state index contributed by atoms with van der Waals surface area (Å²) in [7, 11) is 1.62. The molecule has 0 heterocycles. The van der Waals surface area contributed by atoms with Crippen LogP contribution in [0, 0.1) is 0 Å². The number of amides is 1. The van der Waals surface area contributed by atoms with Crippen molar-refractivity contribution in [2.24, 2.45) is 0 Å². The standard InChI is InChI=1S/C23H45NO4/c1-4-5-6-7-8-9-10-11-12-15-18-23(28-20-27-3)22(24-21(2)26)17-14-13-16-19-25/h13,16,22-23,25H,4-12,14-15,17-20H2,1-3H3,(H,24,26)/b16-13+/t22-,23-/m1/s1. The van der Waals surface area contributed by atoms with Gasteiger partial charge in [-0.3, -0.25) is 4.79 Å². The van der Waals surface area contributed by atoms with Gasteiger partial charge < -0.3 is 19.9 Å². The molecule has 0 aromatic carbocycles. The summed E-state index contributed by atoms with van der Waals surface area (Å²) in [5.41, 5.74) is 0. The first kappa shape index (κ1) is 27.1. The van der Waals surface area contributed by atoms with Crippen molar-refractivity contribution in [1.29, 1.82) is 0 Å². The molecule has 0 aliphatic carbocycles. The summed E-state index contributed by atoms with van der Waals surface area (Å²) in [5, 5.41) is 11.9. The molecule has 0 bridgehead atoms. The summed E-state index contributed by atoms with van der Waals surface area (Å²) in [6.45, 7) is 4.09. The molecule has 2 N–H and O–H groups in total. The molecule has 0 aliphatic rings. The highest BCUT2D eigenvalue weighted by Gasteiger charge is 2.22.